The fourth-order valence-electron chi connectivity index (χ4n) is 3.15. The summed E-state index contributed by atoms with van der Waals surface area (Å²) in [5.74, 6) is -2.74. The van der Waals surface area contributed by atoms with Gasteiger partial charge in [0.2, 0.25) is 21.0 Å². The maximum atomic E-state index is 13.8. The highest BCUT2D eigenvalue weighted by Crippen LogP contribution is 2.21. The summed E-state index contributed by atoms with van der Waals surface area (Å²) in [5, 5.41) is -0.447. The van der Waals surface area contributed by atoms with Crippen molar-refractivity contribution in [3.8, 4) is 0 Å². The first-order valence-corrected chi connectivity index (χ1v) is 12.3. The number of primary amides is 1. The predicted octanol–water partition coefficient (Wildman–Crippen LogP) is -0.282. The van der Waals surface area contributed by atoms with Gasteiger partial charge in [0.15, 0.2) is 5.76 Å². The Balaban J connectivity index is 1.63. The van der Waals surface area contributed by atoms with Crippen molar-refractivity contribution in [3.63, 3.8) is 0 Å². The Hall–Kier alpha value is -2.81. The van der Waals surface area contributed by atoms with Gasteiger partial charge < -0.3 is 15.1 Å². The Morgan fingerprint density at radius 1 is 1.06 bits per heavy atom. The molecule has 3 rings (SSSR count). The van der Waals surface area contributed by atoms with Gasteiger partial charge in [0.25, 0.3) is 15.9 Å². The van der Waals surface area contributed by atoms with E-state index in [1.165, 1.54) is 24.0 Å². The van der Waals surface area contributed by atoms with E-state index in [0.29, 0.717) is 0 Å². The normalized spacial score (nSPS) is 16.6. The molecule has 1 saturated heterocycles. The molecule has 2 heterocycles. The second kappa shape index (κ2) is 8.97. The van der Waals surface area contributed by atoms with Crippen LogP contribution in [0.5, 0.6) is 0 Å². The van der Waals surface area contributed by atoms with Crippen LogP contribution in [0.4, 0.5) is 4.39 Å². The number of halogens is 1. The largest absolute Gasteiger partial charge is 0.438 e. The summed E-state index contributed by atoms with van der Waals surface area (Å²) in [6.07, 6.45) is 0. The summed E-state index contributed by atoms with van der Waals surface area (Å²) in [4.78, 5) is 24.5. The standard InChI is InChI=1S/C18H21FN4O7S2/c1-12(21-31(26,27)15-5-3-2-4-13(15)19)18(25)22-8-10-23(11-9-22)32(28,29)16-7-6-14(30-16)17(20)24/h2-7,12,21H,8-11H2,1H3,(H2,20,24)/t12-/m0/s1. The van der Waals surface area contributed by atoms with E-state index < -0.39 is 53.7 Å². The molecular formula is C18H21FN4O7S2. The van der Waals surface area contributed by atoms with Crippen LogP contribution in [-0.2, 0) is 24.8 Å². The highest BCUT2D eigenvalue weighted by Gasteiger charge is 2.34. The van der Waals surface area contributed by atoms with E-state index in [-0.39, 0.29) is 31.9 Å². The smallest absolute Gasteiger partial charge is 0.284 e. The van der Waals surface area contributed by atoms with Crippen LogP contribution < -0.4 is 10.5 Å². The minimum atomic E-state index is -4.28. The van der Waals surface area contributed by atoms with Gasteiger partial charge in [-0.3, -0.25) is 9.59 Å². The Morgan fingerprint density at radius 3 is 2.25 bits per heavy atom. The zero-order valence-corrected chi connectivity index (χ0v) is 18.5. The Bertz CT molecular complexity index is 1240. The molecule has 174 valence electrons. The number of benzene rings is 1. The molecule has 1 aliphatic heterocycles. The number of hydrogen-bond acceptors (Lipinski definition) is 7. The first kappa shape index (κ1) is 23.8. The third-order valence-corrected chi connectivity index (χ3v) is 8.14. The molecule has 14 heteroatoms. The van der Waals surface area contributed by atoms with Gasteiger partial charge in [-0.2, -0.15) is 9.03 Å². The highest BCUT2D eigenvalue weighted by molar-refractivity contribution is 7.89. The summed E-state index contributed by atoms with van der Waals surface area (Å²) in [6, 6.07) is 5.84. The third-order valence-electron chi connectivity index (χ3n) is 4.80. The second-order valence-electron chi connectivity index (χ2n) is 6.99. The van der Waals surface area contributed by atoms with E-state index in [1.807, 2.05) is 0 Å². The SMILES string of the molecule is C[C@H](NS(=O)(=O)c1ccccc1F)C(=O)N1CCN(S(=O)(=O)c2ccc(C(N)=O)o2)CC1. The summed E-state index contributed by atoms with van der Waals surface area (Å²) in [7, 11) is -8.32. The van der Waals surface area contributed by atoms with Gasteiger partial charge in [-0.15, -0.1) is 0 Å². The van der Waals surface area contributed by atoms with Crippen LogP contribution in [0.1, 0.15) is 17.5 Å². The Kier molecular flexibility index (Phi) is 6.69. The van der Waals surface area contributed by atoms with Crippen LogP contribution in [0, 0.1) is 5.82 Å². The van der Waals surface area contributed by atoms with Gasteiger partial charge in [0.05, 0.1) is 6.04 Å². The number of nitrogens with two attached hydrogens (primary N) is 1. The van der Waals surface area contributed by atoms with Crippen molar-refractivity contribution in [3.05, 3.63) is 48.0 Å². The van der Waals surface area contributed by atoms with Crippen LogP contribution in [0.3, 0.4) is 0 Å². The van der Waals surface area contributed by atoms with Crippen molar-refractivity contribution in [2.45, 2.75) is 23.0 Å². The Morgan fingerprint density at radius 2 is 1.69 bits per heavy atom. The summed E-state index contributed by atoms with van der Waals surface area (Å²) >= 11 is 0. The lowest BCUT2D eigenvalue weighted by Gasteiger charge is -2.34. The van der Waals surface area contributed by atoms with Gasteiger partial charge in [-0.05, 0) is 31.2 Å². The molecule has 11 nitrogen and oxygen atoms in total. The van der Waals surface area contributed by atoms with E-state index in [4.69, 9.17) is 10.2 Å². The van der Waals surface area contributed by atoms with Crippen molar-refractivity contribution in [2.24, 2.45) is 5.73 Å². The molecule has 0 bridgehead atoms. The summed E-state index contributed by atoms with van der Waals surface area (Å²) < 4.78 is 72.1. The summed E-state index contributed by atoms with van der Waals surface area (Å²) in [6.45, 7) is 1.15. The van der Waals surface area contributed by atoms with Gasteiger partial charge in [0.1, 0.15) is 10.7 Å². The van der Waals surface area contributed by atoms with Crippen molar-refractivity contribution in [1.82, 2.24) is 13.9 Å². The minimum Gasteiger partial charge on any atom is -0.438 e. The topological polar surface area (TPSA) is 160 Å². The second-order valence-corrected chi connectivity index (χ2v) is 10.5. The molecule has 0 radical (unpaired) electrons. The molecule has 1 aromatic heterocycles. The lowest BCUT2D eigenvalue weighted by molar-refractivity contribution is -0.133. The molecule has 0 spiro atoms. The van der Waals surface area contributed by atoms with Crippen LogP contribution in [0.15, 0.2) is 50.8 Å². The van der Waals surface area contributed by atoms with Gasteiger partial charge in [0, 0.05) is 26.2 Å². The van der Waals surface area contributed by atoms with Crippen molar-refractivity contribution in [1.29, 1.82) is 0 Å². The first-order chi connectivity index (χ1) is 14.9. The molecule has 0 aliphatic carbocycles. The third kappa shape index (κ3) is 4.82. The number of amides is 2. The number of carbonyl (C=O) groups excluding carboxylic acids is 2. The molecule has 1 atom stereocenters. The number of furan rings is 1. The average Bonchev–Trinajstić information content (AvgIpc) is 3.25. The fourth-order valence-corrected chi connectivity index (χ4v) is 5.76. The molecule has 0 unspecified atom stereocenters. The van der Waals surface area contributed by atoms with Crippen LogP contribution in [-0.4, -0.2) is 70.1 Å². The van der Waals surface area contributed by atoms with Crippen LogP contribution in [0.25, 0.3) is 0 Å². The van der Waals surface area contributed by atoms with Gasteiger partial charge in [-0.25, -0.2) is 21.2 Å². The fraction of sp³-hybridized carbons (Fsp3) is 0.333. The van der Waals surface area contributed by atoms with Crippen molar-refractivity contribution >= 4 is 31.9 Å². The zero-order valence-electron chi connectivity index (χ0n) is 16.9. The molecule has 32 heavy (non-hydrogen) atoms. The minimum absolute atomic E-state index is 0.00673. The molecule has 1 aliphatic rings. The molecule has 3 N–H and O–H groups in total. The zero-order chi connectivity index (χ0) is 23.7. The average molecular weight is 489 g/mol. The molecule has 1 fully saturated rings. The lowest BCUT2D eigenvalue weighted by Crippen LogP contribution is -2.55. The molecule has 2 aromatic rings. The van der Waals surface area contributed by atoms with Gasteiger partial charge >= 0.3 is 0 Å². The van der Waals surface area contributed by atoms with E-state index in [9.17, 15) is 30.8 Å². The first-order valence-electron chi connectivity index (χ1n) is 9.39. The van der Waals surface area contributed by atoms with Crippen LogP contribution >= 0.6 is 0 Å². The number of sulfonamides is 2. The lowest BCUT2D eigenvalue weighted by atomic mass is 10.2. The molecular weight excluding hydrogens is 467 g/mol. The molecule has 0 saturated carbocycles. The van der Waals surface area contributed by atoms with Gasteiger partial charge in [-0.1, -0.05) is 12.1 Å². The van der Waals surface area contributed by atoms with E-state index in [1.54, 1.807) is 0 Å². The number of nitrogens with one attached hydrogen (secondary N) is 1. The quantitative estimate of drug-likeness (QED) is 0.542. The molecule has 1 aromatic carbocycles. The number of piperazine rings is 1. The van der Waals surface area contributed by atoms with Crippen molar-refractivity contribution < 1.29 is 35.2 Å². The van der Waals surface area contributed by atoms with E-state index in [0.717, 1.165) is 28.6 Å². The number of carbonyl (C=O) groups is 2. The monoisotopic (exact) mass is 488 g/mol. The maximum Gasteiger partial charge on any atom is 0.284 e. The number of rotatable bonds is 7. The molecule has 2 amide bonds. The highest BCUT2D eigenvalue weighted by atomic mass is 32.2. The van der Waals surface area contributed by atoms with E-state index >= 15 is 0 Å². The van der Waals surface area contributed by atoms with Crippen molar-refractivity contribution in [2.75, 3.05) is 26.2 Å². The maximum absolute atomic E-state index is 13.8. The Labute approximate surface area is 184 Å². The summed E-state index contributed by atoms with van der Waals surface area (Å²) in [5.41, 5.74) is 5.06. The number of hydrogen-bond donors (Lipinski definition) is 2. The van der Waals surface area contributed by atoms with Crippen LogP contribution in [0.2, 0.25) is 0 Å². The number of nitrogens with zero attached hydrogens (tertiary/aromatic N) is 2. The predicted molar refractivity (Wildman–Crippen MR) is 109 cm³/mol. The van der Waals surface area contributed by atoms with E-state index in [2.05, 4.69) is 4.72 Å².